The molecule has 0 spiro atoms. The number of halogens is 1. The smallest absolute Gasteiger partial charge is 0.255 e. The van der Waals surface area contributed by atoms with E-state index in [0.29, 0.717) is 47.8 Å². The van der Waals surface area contributed by atoms with Crippen molar-refractivity contribution in [3.63, 3.8) is 0 Å². The lowest BCUT2D eigenvalue weighted by Crippen LogP contribution is -2.35. The van der Waals surface area contributed by atoms with Gasteiger partial charge in [-0.15, -0.1) is 0 Å². The fraction of sp³-hybridized carbons (Fsp3) is 0.381. The summed E-state index contributed by atoms with van der Waals surface area (Å²) in [5.74, 6) is 0.321. The first-order chi connectivity index (χ1) is 14.4. The first-order valence-electron chi connectivity index (χ1n) is 9.74. The standard InChI is InChI=1S/C21H25BrN2O5S/c1-28-13-14-29-20-10-5-16(15-19(20)22)21(25)23-17-6-8-18(9-7-17)30(26,27)24-11-3-2-4-12-24/h5-10,15H,2-4,11-14H2,1H3,(H,23,25). The predicted octanol–water partition coefficient (Wildman–Crippen LogP) is 3.90. The zero-order chi connectivity index (χ0) is 21.6. The minimum Gasteiger partial charge on any atom is -0.490 e. The first kappa shape index (κ1) is 22.7. The summed E-state index contributed by atoms with van der Waals surface area (Å²) in [7, 11) is -1.89. The summed E-state index contributed by atoms with van der Waals surface area (Å²) in [6, 6.07) is 11.3. The van der Waals surface area contributed by atoms with Crippen molar-refractivity contribution in [3.8, 4) is 5.75 Å². The number of ether oxygens (including phenoxy) is 2. The highest BCUT2D eigenvalue weighted by molar-refractivity contribution is 9.10. The number of nitrogens with one attached hydrogen (secondary N) is 1. The number of amides is 1. The van der Waals surface area contributed by atoms with Gasteiger partial charge in [-0.25, -0.2) is 8.42 Å². The Balaban J connectivity index is 1.65. The van der Waals surface area contributed by atoms with E-state index in [9.17, 15) is 13.2 Å². The number of carbonyl (C=O) groups is 1. The molecule has 3 rings (SSSR count). The van der Waals surface area contributed by atoms with Crippen LogP contribution in [0.25, 0.3) is 0 Å². The van der Waals surface area contributed by atoms with Crippen molar-refractivity contribution < 1.29 is 22.7 Å². The molecule has 2 aromatic rings. The van der Waals surface area contributed by atoms with Gasteiger partial charge in [0.2, 0.25) is 10.0 Å². The zero-order valence-corrected chi connectivity index (χ0v) is 19.2. The Labute approximate surface area is 185 Å². The number of hydrogen-bond acceptors (Lipinski definition) is 5. The number of hydrogen-bond donors (Lipinski definition) is 1. The lowest BCUT2D eigenvalue weighted by Gasteiger charge is -2.25. The molecule has 0 bridgehead atoms. The molecule has 0 radical (unpaired) electrons. The monoisotopic (exact) mass is 496 g/mol. The highest BCUT2D eigenvalue weighted by Gasteiger charge is 2.25. The van der Waals surface area contributed by atoms with Crippen LogP contribution in [0.1, 0.15) is 29.6 Å². The lowest BCUT2D eigenvalue weighted by atomic mass is 10.2. The SMILES string of the molecule is COCCOc1ccc(C(=O)Nc2ccc(S(=O)(=O)N3CCCCC3)cc2)cc1Br. The third-order valence-electron chi connectivity index (χ3n) is 4.80. The van der Waals surface area contributed by atoms with Gasteiger partial charge in [0.15, 0.2) is 0 Å². The second-order valence-corrected chi connectivity index (χ2v) is 9.72. The van der Waals surface area contributed by atoms with Crippen LogP contribution in [0.3, 0.4) is 0 Å². The molecule has 0 saturated carbocycles. The molecule has 30 heavy (non-hydrogen) atoms. The van der Waals surface area contributed by atoms with Crippen molar-refractivity contribution in [2.45, 2.75) is 24.2 Å². The van der Waals surface area contributed by atoms with Gasteiger partial charge in [-0.2, -0.15) is 4.31 Å². The maximum absolute atomic E-state index is 12.7. The Morgan fingerprint density at radius 2 is 1.77 bits per heavy atom. The quantitative estimate of drug-likeness (QED) is 0.560. The summed E-state index contributed by atoms with van der Waals surface area (Å²) in [6.45, 7) is 1.99. The number of carbonyl (C=O) groups excluding carboxylic acids is 1. The summed E-state index contributed by atoms with van der Waals surface area (Å²) in [4.78, 5) is 12.8. The third kappa shape index (κ3) is 5.60. The zero-order valence-electron chi connectivity index (χ0n) is 16.8. The van der Waals surface area contributed by atoms with Crippen LogP contribution in [0, 0.1) is 0 Å². The minimum absolute atomic E-state index is 0.239. The molecule has 162 valence electrons. The summed E-state index contributed by atoms with van der Waals surface area (Å²) in [5.41, 5.74) is 0.972. The third-order valence-corrected chi connectivity index (χ3v) is 7.34. The van der Waals surface area contributed by atoms with Crippen LogP contribution < -0.4 is 10.1 Å². The van der Waals surface area contributed by atoms with Gasteiger partial charge >= 0.3 is 0 Å². The fourth-order valence-electron chi connectivity index (χ4n) is 3.16. The molecule has 9 heteroatoms. The lowest BCUT2D eigenvalue weighted by molar-refractivity contribution is 0.102. The van der Waals surface area contributed by atoms with Gasteiger partial charge in [-0.3, -0.25) is 4.79 Å². The van der Waals surface area contributed by atoms with E-state index in [0.717, 1.165) is 19.3 Å². The summed E-state index contributed by atoms with van der Waals surface area (Å²) >= 11 is 3.40. The Morgan fingerprint density at radius 3 is 2.40 bits per heavy atom. The van der Waals surface area contributed by atoms with E-state index in [1.165, 1.54) is 16.4 Å². The number of benzene rings is 2. The van der Waals surface area contributed by atoms with Crippen LogP contribution in [-0.2, 0) is 14.8 Å². The van der Waals surface area contributed by atoms with Crippen molar-refractivity contribution >= 4 is 37.5 Å². The van der Waals surface area contributed by atoms with E-state index in [1.54, 1.807) is 37.4 Å². The highest BCUT2D eigenvalue weighted by atomic mass is 79.9. The van der Waals surface area contributed by atoms with Crippen molar-refractivity contribution in [1.29, 1.82) is 0 Å². The van der Waals surface area contributed by atoms with E-state index in [-0.39, 0.29) is 10.8 Å². The van der Waals surface area contributed by atoms with E-state index in [1.807, 2.05) is 0 Å². The van der Waals surface area contributed by atoms with Gasteiger partial charge in [0.05, 0.1) is 16.0 Å². The molecule has 2 aromatic carbocycles. The summed E-state index contributed by atoms with van der Waals surface area (Å²) in [6.07, 6.45) is 2.84. The van der Waals surface area contributed by atoms with E-state index in [4.69, 9.17) is 9.47 Å². The van der Waals surface area contributed by atoms with Crippen molar-refractivity contribution in [1.82, 2.24) is 4.31 Å². The second-order valence-electron chi connectivity index (χ2n) is 6.93. The Kier molecular flexibility index (Phi) is 7.87. The van der Waals surface area contributed by atoms with Crippen molar-refractivity contribution in [2.75, 3.05) is 38.7 Å². The van der Waals surface area contributed by atoms with Gasteiger partial charge in [0.25, 0.3) is 5.91 Å². The number of methoxy groups -OCH3 is 1. The topological polar surface area (TPSA) is 84.9 Å². The molecule has 0 unspecified atom stereocenters. The predicted molar refractivity (Wildman–Crippen MR) is 119 cm³/mol. The fourth-order valence-corrected chi connectivity index (χ4v) is 5.17. The average Bonchev–Trinajstić information content (AvgIpc) is 2.76. The highest BCUT2D eigenvalue weighted by Crippen LogP contribution is 2.27. The van der Waals surface area contributed by atoms with Crippen molar-refractivity contribution in [2.24, 2.45) is 0 Å². The van der Waals surface area contributed by atoms with Crippen LogP contribution in [-0.4, -0.2) is 52.0 Å². The number of sulfonamides is 1. The molecule has 0 aromatic heterocycles. The normalized spacial score (nSPS) is 15.0. The molecule has 0 atom stereocenters. The molecule has 1 fully saturated rings. The summed E-state index contributed by atoms with van der Waals surface area (Å²) < 4.78 is 38.1. The molecule has 1 N–H and O–H groups in total. The molecular weight excluding hydrogens is 472 g/mol. The van der Waals surface area contributed by atoms with Crippen molar-refractivity contribution in [3.05, 3.63) is 52.5 Å². The van der Waals surface area contributed by atoms with Crippen LogP contribution in [0.2, 0.25) is 0 Å². The van der Waals surface area contributed by atoms with E-state index >= 15 is 0 Å². The number of anilines is 1. The molecule has 1 aliphatic rings. The maximum atomic E-state index is 12.7. The molecule has 1 amide bonds. The molecule has 0 aliphatic carbocycles. The van der Waals surface area contributed by atoms with Gasteiger partial charge < -0.3 is 14.8 Å². The van der Waals surface area contributed by atoms with Gasteiger partial charge in [-0.1, -0.05) is 6.42 Å². The molecular formula is C21H25BrN2O5S. The van der Waals surface area contributed by atoms with Gasteiger partial charge in [0.1, 0.15) is 12.4 Å². The number of rotatable bonds is 8. The van der Waals surface area contributed by atoms with Crippen LogP contribution in [0.15, 0.2) is 51.8 Å². The van der Waals surface area contributed by atoms with Gasteiger partial charge in [0, 0.05) is 31.5 Å². The first-order valence-corrected chi connectivity index (χ1v) is 12.0. The molecule has 1 heterocycles. The Hall–Kier alpha value is -1.94. The Bertz CT molecular complexity index is 973. The maximum Gasteiger partial charge on any atom is 0.255 e. The van der Waals surface area contributed by atoms with E-state index < -0.39 is 10.0 Å². The number of piperidine rings is 1. The largest absolute Gasteiger partial charge is 0.490 e. The Morgan fingerprint density at radius 1 is 1.07 bits per heavy atom. The van der Waals surface area contributed by atoms with Crippen LogP contribution in [0.5, 0.6) is 5.75 Å². The van der Waals surface area contributed by atoms with Crippen LogP contribution in [0.4, 0.5) is 5.69 Å². The molecule has 7 nitrogen and oxygen atoms in total. The van der Waals surface area contributed by atoms with Crippen LogP contribution >= 0.6 is 15.9 Å². The van der Waals surface area contributed by atoms with Gasteiger partial charge in [-0.05, 0) is 71.2 Å². The molecule has 1 saturated heterocycles. The number of nitrogens with zero attached hydrogens (tertiary/aromatic N) is 1. The minimum atomic E-state index is -3.49. The molecule has 1 aliphatic heterocycles. The second kappa shape index (κ2) is 10.4. The summed E-state index contributed by atoms with van der Waals surface area (Å²) in [5, 5.41) is 2.79. The van der Waals surface area contributed by atoms with E-state index in [2.05, 4.69) is 21.2 Å². The average molecular weight is 497 g/mol.